The van der Waals surface area contributed by atoms with Gasteiger partial charge in [-0.25, -0.2) is 0 Å². The monoisotopic (exact) mass is 340 g/mol. The summed E-state index contributed by atoms with van der Waals surface area (Å²) in [5.74, 6) is -0.758. The molecule has 0 radical (unpaired) electrons. The van der Waals surface area contributed by atoms with Crippen LogP contribution in [-0.4, -0.2) is 29.0 Å². The minimum absolute atomic E-state index is 0.157. The highest BCUT2D eigenvalue weighted by atomic mass is 16.6. The maximum absolute atomic E-state index is 12.5. The van der Waals surface area contributed by atoms with Gasteiger partial charge in [-0.05, 0) is 56.7 Å². The summed E-state index contributed by atoms with van der Waals surface area (Å²) in [6.45, 7) is 7.46. The fraction of sp³-hybridized carbons (Fsp3) is 0.450. The Bertz CT molecular complexity index is 832. The Balaban J connectivity index is 1.76. The van der Waals surface area contributed by atoms with Crippen molar-refractivity contribution in [2.24, 2.45) is 0 Å². The molecule has 0 bridgehead atoms. The summed E-state index contributed by atoms with van der Waals surface area (Å²) in [6, 6.07) is 7.75. The van der Waals surface area contributed by atoms with E-state index in [9.17, 15) is 9.59 Å². The first-order valence-electron chi connectivity index (χ1n) is 8.57. The van der Waals surface area contributed by atoms with E-state index in [0.717, 1.165) is 10.9 Å². The molecule has 0 spiro atoms. The first-order valence-corrected chi connectivity index (χ1v) is 8.57. The second-order valence-corrected chi connectivity index (χ2v) is 7.92. The van der Waals surface area contributed by atoms with Gasteiger partial charge >= 0.3 is 5.97 Å². The number of hydrogen-bond acceptors (Lipinski definition) is 4. The third-order valence-corrected chi connectivity index (χ3v) is 4.50. The molecule has 1 aliphatic carbocycles. The molecule has 0 unspecified atom stereocenters. The fourth-order valence-corrected chi connectivity index (χ4v) is 2.82. The van der Waals surface area contributed by atoms with Crippen molar-refractivity contribution in [1.82, 2.24) is 10.3 Å². The average molecular weight is 340 g/mol. The molecule has 2 aromatic rings. The molecule has 0 saturated heterocycles. The third kappa shape index (κ3) is 3.98. The average Bonchev–Trinajstić information content (AvgIpc) is 3.29. The topological polar surface area (TPSA) is 68.3 Å². The molecule has 1 N–H and O–H groups in total. The number of hydrogen-bond donors (Lipinski definition) is 1. The van der Waals surface area contributed by atoms with Crippen LogP contribution in [0.1, 0.15) is 56.5 Å². The van der Waals surface area contributed by atoms with Gasteiger partial charge in [-0.1, -0.05) is 19.1 Å². The lowest BCUT2D eigenvalue weighted by molar-refractivity contribution is -0.153. The molecule has 0 aliphatic heterocycles. The minimum Gasteiger partial charge on any atom is -0.459 e. The summed E-state index contributed by atoms with van der Waals surface area (Å²) in [7, 11) is 0. The predicted molar refractivity (Wildman–Crippen MR) is 96.5 cm³/mol. The Labute approximate surface area is 147 Å². The maximum atomic E-state index is 12.5. The summed E-state index contributed by atoms with van der Waals surface area (Å²) >= 11 is 0. The van der Waals surface area contributed by atoms with Crippen molar-refractivity contribution >= 4 is 22.8 Å². The van der Waals surface area contributed by atoms with E-state index in [4.69, 9.17) is 4.74 Å². The van der Waals surface area contributed by atoms with Gasteiger partial charge in [0.25, 0.3) is 5.91 Å². The molecule has 1 aliphatic rings. The molecule has 1 heterocycles. The number of carbonyl (C=O) groups excluding carboxylic acids is 2. The van der Waals surface area contributed by atoms with E-state index in [0.29, 0.717) is 5.56 Å². The zero-order valence-corrected chi connectivity index (χ0v) is 15.2. The van der Waals surface area contributed by atoms with Gasteiger partial charge in [0.2, 0.25) is 0 Å². The highest BCUT2D eigenvalue weighted by Crippen LogP contribution is 2.48. The van der Waals surface area contributed by atoms with E-state index >= 15 is 0 Å². The Hall–Kier alpha value is -2.43. The molecular weight excluding hydrogens is 316 g/mol. The highest BCUT2D eigenvalue weighted by Gasteiger charge is 2.39. The standard InChI is InChI=1S/C20H24N2O3/c1-19(2,3)25-17(23)12-22-18(24)15-7-10-21-16-11-13(5-6-14(15)16)20(4)8-9-20/h5-7,10-11H,8-9,12H2,1-4H3,(H,22,24). The van der Waals surface area contributed by atoms with Gasteiger partial charge in [-0.15, -0.1) is 0 Å². The lowest BCUT2D eigenvalue weighted by atomic mass is 9.96. The van der Waals surface area contributed by atoms with Crippen LogP contribution in [0.4, 0.5) is 0 Å². The van der Waals surface area contributed by atoms with Crippen LogP contribution in [-0.2, 0) is 14.9 Å². The predicted octanol–water partition coefficient (Wildman–Crippen LogP) is 3.36. The highest BCUT2D eigenvalue weighted by molar-refractivity contribution is 6.06. The number of amides is 1. The Morgan fingerprint density at radius 3 is 2.60 bits per heavy atom. The number of fused-ring (bicyclic) bond motifs is 1. The van der Waals surface area contributed by atoms with Crippen molar-refractivity contribution in [3.8, 4) is 0 Å². The second kappa shape index (κ2) is 6.14. The first-order chi connectivity index (χ1) is 11.7. The van der Waals surface area contributed by atoms with Gasteiger partial charge < -0.3 is 10.1 Å². The van der Waals surface area contributed by atoms with Crippen molar-refractivity contribution in [2.75, 3.05) is 6.54 Å². The van der Waals surface area contributed by atoms with Crippen molar-refractivity contribution in [1.29, 1.82) is 0 Å². The zero-order chi connectivity index (χ0) is 18.2. The number of carbonyl (C=O) groups is 2. The minimum atomic E-state index is -0.569. The molecule has 5 nitrogen and oxygen atoms in total. The van der Waals surface area contributed by atoms with Crippen LogP contribution in [0.2, 0.25) is 0 Å². The number of nitrogens with zero attached hydrogens (tertiary/aromatic N) is 1. The van der Waals surface area contributed by atoms with Crippen LogP contribution >= 0.6 is 0 Å². The van der Waals surface area contributed by atoms with Crippen LogP contribution in [0.3, 0.4) is 0 Å². The Morgan fingerprint density at radius 1 is 1.24 bits per heavy atom. The number of rotatable bonds is 4. The number of nitrogens with one attached hydrogen (secondary N) is 1. The van der Waals surface area contributed by atoms with E-state index in [2.05, 4.69) is 29.4 Å². The van der Waals surface area contributed by atoms with Gasteiger partial charge in [0.15, 0.2) is 0 Å². The molecular formula is C20H24N2O3. The SMILES string of the molecule is CC(C)(C)OC(=O)CNC(=O)c1ccnc2cc(C3(C)CC3)ccc12. The largest absolute Gasteiger partial charge is 0.459 e. The molecule has 3 rings (SSSR count). The number of benzene rings is 1. The van der Waals surface area contributed by atoms with E-state index in [1.165, 1.54) is 18.4 Å². The van der Waals surface area contributed by atoms with Gasteiger partial charge in [0.1, 0.15) is 12.1 Å². The number of pyridine rings is 1. The summed E-state index contributed by atoms with van der Waals surface area (Å²) in [6.07, 6.45) is 4.01. The second-order valence-electron chi connectivity index (χ2n) is 7.92. The lowest BCUT2D eigenvalue weighted by Crippen LogP contribution is -2.34. The summed E-state index contributed by atoms with van der Waals surface area (Å²) in [4.78, 5) is 28.6. The Morgan fingerprint density at radius 2 is 1.96 bits per heavy atom. The molecule has 1 aromatic carbocycles. The third-order valence-electron chi connectivity index (χ3n) is 4.50. The van der Waals surface area contributed by atoms with Crippen LogP contribution < -0.4 is 5.32 Å². The summed E-state index contributed by atoms with van der Waals surface area (Å²) in [5, 5.41) is 3.42. The number of ether oxygens (including phenoxy) is 1. The van der Waals surface area contributed by atoms with Crippen LogP contribution in [0.5, 0.6) is 0 Å². The van der Waals surface area contributed by atoms with Crippen LogP contribution in [0, 0.1) is 0 Å². The van der Waals surface area contributed by atoms with Crippen LogP contribution in [0.15, 0.2) is 30.5 Å². The first kappa shape index (κ1) is 17.4. The van der Waals surface area contributed by atoms with Crippen molar-refractivity contribution in [3.63, 3.8) is 0 Å². The fourth-order valence-electron chi connectivity index (χ4n) is 2.82. The molecule has 1 aromatic heterocycles. The summed E-state index contributed by atoms with van der Waals surface area (Å²) in [5.41, 5.74) is 2.26. The molecule has 1 saturated carbocycles. The van der Waals surface area contributed by atoms with Gasteiger partial charge in [-0.3, -0.25) is 14.6 Å². The Kier molecular flexibility index (Phi) is 4.27. The van der Waals surface area contributed by atoms with Gasteiger partial charge in [-0.2, -0.15) is 0 Å². The van der Waals surface area contributed by atoms with Crippen molar-refractivity contribution in [3.05, 3.63) is 41.6 Å². The van der Waals surface area contributed by atoms with E-state index in [1.807, 2.05) is 6.07 Å². The van der Waals surface area contributed by atoms with E-state index in [1.54, 1.807) is 33.0 Å². The van der Waals surface area contributed by atoms with Crippen molar-refractivity contribution in [2.45, 2.75) is 51.6 Å². The zero-order valence-electron chi connectivity index (χ0n) is 15.2. The molecule has 132 valence electrons. The number of aromatic nitrogens is 1. The molecule has 5 heteroatoms. The molecule has 0 atom stereocenters. The van der Waals surface area contributed by atoms with Crippen LogP contribution in [0.25, 0.3) is 10.9 Å². The van der Waals surface area contributed by atoms with E-state index < -0.39 is 11.6 Å². The molecule has 25 heavy (non-hydrogen) atoms. The van der Waals surface area contributed by atoms with E-state index in [-0.39, 0.29) is 17.9 Å². The van der Waals surface area contributed by atoms with Gasteiger partial charge in [0.05, 0.1) is 11.1 Å². The molecule has 1 amide bonds. The van der Waals surface area contributed by atoms with Crippen molar-refractivity contribution < 1.29 is 14.3 Å². The normalized spacial score (nSPS) is 15.7. The number of esters is 1. The maximum Gasteiger partial charge on any atom is 0.325 e. The smallest absolute Gasteiger partial charge is 0.325 e. The quantitative estimate of drug-likeness (QED) is 0.867. The van der Waals surface area contributed by atoms with Gasteiger partial charge in [0, 0.05) is 11.6 Å². The molecule has 1 fully saturated rings. The summed E-state index contributed by atoms with van der Waals surface area (Å²) < 4.78 is 5.21. The lowest BCUT2D eigenvalue weighted by Gasteiger charge is -2.19.